The molecule has 0 atom stereocenters. The summed E-state index contributed by atoms with van der Waals surface area (Å²) in [6, 6.07) is 19.2. The molecule has 0 radical (unpaired) electrons. The van der Waals surface area contributed by atoms with E-state index in [2.05, 4.69) is 32.0 Å². The minimum Gasteiger partial charge on any atom is -0.324 e. The van der Waals surface area contributed by atoms with E-state index in [1.807, 2.05) is 60.7 Å². The van der Waals surface area contributed by atoms with Crippen LogP contribution in [0, 0.1) is 0 Å². The number of aromatic nitrogens is 4. The number of halogens is 1. The van der Waals surface area contributed by atoms with Gasteiger partial charge in [-0.05, 0) is 55.0 Å². The van der Waals surface area contributed by atoms with Gasteiger partial charge in [-0.25, -0.2) is 0 Å². The predicted molar refractivity (Wildman–Crippen MR) is 135 cm³/mol. The lowest BCUT2D eigenvalue weighted by atomic mass is 10.2. The van der Waals surface area contributed by atoms with Gasteiger partial charge in [0.1, 0.15) is 0 Å². The average Bonchev–Trinajstić information content (AvgIpc) is 3.24. The molecule has 4 rings (SSSR count). The SMILES string of the molecule is CCCn1c(SCC(=O)Nc2ccccc2Sc2ccc(Cl)cc2)nnc1-c1ccncc1. The molecule has 33 heavy (non-hydrogen) atoms. The van der Waals surface area contributed by atoms with Gasteiger partial charge < -0.3 is 9.88 Å². The normalized spacial score (nSPS) is 10.8. The van der Waals surface area contributed by atoms with Crippen molar-refractivity contribution in [1.82, 2.24) is 19.7 Å². The Balaban J connectivity index is 1.43. The van der Waals surface area contributed by atoms with Crippen LogP contribution in [0.4, 0.5) is 5.69 Å². The number of rotatable bonds is 9. The summed E-state index contributed by atoms with van der Waals surface area (Å²) in [7, 11) is 0. The lowest BCUT2D eigenvalue weighted by Crippen LogP contribution is -2.15. The molecule has 6 nitrogen and oxygen atoms in total. The molecule has 2 heterocycles. The van der Waals surface area contributed by atoms with E-state index in [9.17, 15) is 4.79 Å². The maximum absolute atomic E-state index is 12.8. The third-order valence-electron chi connectivity index (χ3n) is 4.64. The number of carbonyl (C=O) groups excluding carboxylic acids is 1. The maximum Gasteiger partial charge on any atom is 0.234 e. The van der Waals surface area contributed by atoms with Crippen molar-refractivity contribution in [3.8, 4) is 11.4 Å². The highest BCUT2D eigenvalue weighted by atomic mass is 35.5. The molecule has 2 aromatic heterocycles. The number of para-hydroxylation sites is 1. The van der Waals surface area contributed by atoms with Crippen molar-refractivity contribution in [2.24, 2.45) is 0 Å². The standard InChI is InChI=1S/C24H22ClN5OS2/c1-2-15-30-23(17-11-13-26-14-12-17)28-29-24(30)32-16-22(31)27-20-5-3-4-6-21(20)33-19-9-7-18(25)8-10-19/h3-14H,2,15-16H2,1H3,(H,27,31). The van der Waals surface area contributed by atoms with Crippen molar-refractivity contribution in [3.05, 3.63) is 78.1 Å². The van der Waals surface area contributed by atoms with E-state index in [0.717, 1.165) is 45.0 Å². The summed E-state index contributed by atoms with van der Waals surface area (Å²) in [5.74, 6) is 0.922. The number of nitrogens with zero attached hydrogens (tertiary/aromatic N) is 4. The Morgan fingerprint density at radius 3 is 2.55 bits per heavy atom. The van der Waals surface area contributed by atoms with E-state index >= 15 is 0 Å². The topological polar surface area (TPSA) is 72.7 Å². The Labute approximate surface area is 206 Å². The van der Waals surface area contributed by atoms with E-state index in [1.165, 1.54) is 11.8 Å². The molecule has 0 aliphatic carbocycles. The number of carbonyl (C=O) groups is 1. The van der Waals surface area contributed by atoms with Crippen LogP contribution in [0.25, 0.3) is 11.4 Å². The number of anilines is 1. The minimum atomic E-state index is -0.0966. The van der Waals surface area contributed by atoms with Crippen LogP contribution in [0.1, 0.15) is 13.3 Å². The molecule has 1 amide bonds. The van der Waals surface area contributed by atoms with Crippen molar-refractivity contribution in [1.29, 1.82) is 0 Å². The monoisotopic (exact) mass is 495 g/mol. The Morgan fingerprint density at radius 2 is 1.79 bits per heavy atom. The van der Waals surface area contributed by atoms with Gasteiger partial charge in [-0.3, -0.25) is 9.78 Å². The summed E-state index contributed by atoms with van der Waals surface area (Å²) in [6.07, 6.45) is 4.41. The first kappa shape index (κ1) is 23.4. The zero-order valence-corrected chi connectivity index (χ0v) is 20.3. The van der Waals surface area contributed by atoms with Crippen LogP contribution < -0.4 is 5.32 Å². The molecule has 0 aliphatic rings. The number of nitrogens with one attached hydrogen (secondary N) is 1. The van der Waals surface area contributed by atoms with Crippen LogP contribution in [-0.2, 0) is 11.3 Å². The van der Waals surface area contributed by atoms with Crippen molar-refractivity contribution >= 4 is 46.7 Å². The zero-order valence-electron chi connectivity index (χ0n) is 17.9. The van der Waals surface area contributed by atoms with E-state index in [4.69, 9.17) is 11.6 Å². The lowest BCUT2D eigenvalue weighted by molar-refractivity contribution is -0.113. The molecule has 2 aromatic carbocycles. The van der Waals surface area contributed by atoms with Crippen molar-refractivity contribution < 1.29 is 4.79 Å². The van der Waals surface area contributed by atoms with Gasteiger partial charge in [0.05, 0.1) is 11.4 Å². The van der Waals surface area contributed by atoms with E-state index in [-0.39, 0.29) is 11.7 Å². The van der Waals surface area contributed by atoms with Gasteiger partial charge in [-0.1, -0.05) is 54.2 Å². The highest BCUT2D eigenvalue weighted by Crippen LogP contribution is 2.34. The molecular formula is C24H22ClN5OS2. The highest BCUT2D eigenvalue weighted by molar-refractivity contribution is 8.00. The van der Waals surface area contributed by atoms with Crippen LogP contribution in [0.2, 0.25) is 5.02 Å². The van der Waals surface area contributed by atoms with Crippen LogP contribution in [0.15, 0.2) is 88.0 Å². The summed E-state index contributed by atoms with van der Waals surface area (Å²) in [4.78, 5) is 18.8. The van der Waals surface area contributed by atoms with Crippen molar-refractivity contribution in [3.63, 3.8) is 0 Å². The molecule has 4 aromatic rings. The van der Waals surface area contributed by atoms with Crippen LogP contribution in [-0.4, -0.2) is 31.4 Å². The first-order valence-corrected chi connectivity index (χ1v) is 12.6. The molecule has 0 unspecified atom stereocenters. The third-order valence-corrected chi connectivity index (χ3v) is 6.94. The summed E-state index contributed by atoms with van der Waals surface area (Å²) in [6.45, 7) is 2.88. The molecule has 0 fully saturated rings. The number of benzene rings is 2. The Bertz CT molecular complexity index is 1220. The lowest BCUT2D eigenvalue weighted by Gasteiger charge is -2.11. The largest absolute Gasteiger partial charge is 0.324 e. The number of thioether (sulfide) groups is 1. The molecule has 0 aliphatic heterocycles. The molecule has 168 valence electrons. The van der Waals surface area contributed by atoms with Crippen LogP contribution >= 0.6 is 35.1 Å². The highest BCUT2D eigenvalue weighted by Gasteiger charge is 2.16. The van der Waals surface area contributed by atoms with Gasteiger partial charge in [-0.2, -0.15) is 0 Å². The Kier molecular flexibility index (Phi) is 8.04. The van der Waals surface area contributed by atoms with E-state index in [1.54, 1.807) is 24.2 Å². The first-order valence-electron chi connectivity index (χ1n) is 10.4. The van der Waals surface area contributed by atoms with Crippen LogP contribution in [0.5, 0.6) is 0 Å². The Hall–Kier alpha value is -2.81. The molecule has 0 bridgehead atoms. The summed E-state index contributed by atoms with van der Waals surface area (Å²) >= 11 is 8.94. The van der Waals surface area contributed by atoms with Gasteiger partial charge >= 0.3 is 0 Å². The fourth-order valence-electron chi connectivity index (χ4n) is 3.14. The first-order chi connectivity index (χ1) is 16.1. The molecular weight excluding hydrogens is 474 g/mol. The minimum absolute atomic E-state index is 0.0966. The molecule has 0 saturated heterocycles. The summed E-state index contributed by atoms with van der Waals surface area (Å²) in [5.41, 5.74) is 1.73. The third kappa shape index (κ3) is 6.16. The number of amides is 1. The smallest absolute Gasteiger partial charge is 0.234 e. The molecule has 9 heteroatoms. The number of hydrogen-bond acceptors (Lipinski definition) is 6. The van der Waals surface area contributed by atoms with E-state index in [0.29, 0.717) is 5.02 Å². The van der Waals surface area contributed by atoms with Gasteiger partial charge in [0.15, 0.2) is 11.0 Å². The maximum atomic E-state index is 12.8. The van der Waals surface area contributed by atoms with Gasteiger partial charge in [0, 0.05) is 39.3 Å². The summed E-state index contributed by atoms with van der Waals surface area (Å²) < 4.78 is 2.05. The van der Waals surface area contributed by atoms with Gasteiger partial charge in [-0.15, -0.1) is 10.2 Å². The van der Waals surface area contributed by atoms with Crippen molar-refractivity contribution in [2.45, 2.75) is 34.8 Å². The average molecular weight is 496 g/mol. The van der Waals surface area contributed by atoms with E-state index < -0.39 is 0 Å². The quantitative estimate of drug-likeness (QED) is 0.275. The Morgan fingerprint density at radius 1 is 1.03 bits per heavy atom. The molecule has 1 N–H and O–H groups in total. The fraction of sp³-hybridized carbons (Fsp3) is 0.167. The molecule has 0 saturated carbocycles. The van der Waals surface area contributed by atoms with Crippen molar-refractivity contribution in [2.75, 3.05) is 11.1 Å². The number of pyridine rings is 1. The second-order valence-corrected chi connectivity index (χ2v) is 9.58. The summed E-state index contributed by atoms with van der Waals surface area (Å²) in [5, 5.41) is 13.1. The van der Waals surface area contributed by atoms with Gasteiger partial charge in [0.2, 0.25) is 5.91 Å². The fourth-order valence-corrected chi connectivity index (χ4v) is 4.93. The van der Waals surface area contributed by atoms with Gasteiger partial charge in [0.25, 0.3) is 0 Å². The second-order valence-electron chi connectivity index (χ2n) is 7.08. The molecule has 0 spiro atoms. The predicted octanol–water partition coefficient (Wildman–Crippen LogP) is 6.29. The number of hydrogen-bond donors (Lipinski definition) is 1. The van der Waals surface area contributed by atoms with Crippen LogP contribution in [0.3, 0.4) is 0 Å². The zero-order chi connectivity index (χ0) is 23.0. The second kappa shape index (κ2) is 11.4.